The Kier molecular flexibility index (Phi) is 4.56. The topological polar surface area (TPSA) is 70.1 Å². The number of hydrogen-bond donors (Lipinski definition) is 1. The van der Waals surface area contributed by atoms with E-state index in [9.17, 15) is 4.79 Å². The van der Waals surface area contributed by atoms with E-state index in [1.807, 2.05) is 36.5 Å². The van der Waals surface area contributed by atoms with Gasteiger partial charge in [0.05, 0.1) is 11.4 Å². The maximum absolute atomic E-state index is 12.9. The Morgan fingerprint density at radius 2 is 1.85 bits per heavy atom. The molecule has 0 radical (unpaired) electrons. The fraction of sp³-hybridized carbons (Fsp3) is 0.632. The SMILES string of the molecule is Cc1nn(C)c(C)c1-c1cc(C(=O)N2CCN(C3CCCC3)CC2)[nH]n1. The monoisotopic (exact) mass is 356 g/mol. The zero-order chi connectivity index (χ0) is 18.3. The van der Waals surface area contributed by atoms with Crippen LogP contribution >= 0.6 is 0 Å². The van der Waals surface area contributed by atoms with Gasteiger partial charge in [0.25, 0.3) is 5.91 Å². The highest BCUT2D eigenvalue weighted by Gasteiger charge is 2.29. The van der Waals surface area contributed by atoms with Crippen LogP contribution in [0.2, 0.25) is 0 Å². The van der Waals surface area contributed by atoms with Gasteiger partial charge in [-0.1, -0.05) is 12.8 Å². The molecule has 2 aliphatic rings. The Morgan fingerprint density at radius 3 is 2.46 bits per heavy atom. The van der Waals surface area contributed by atoms with Gasteiger partial charge >= 0.3 is 0 Å². The number of amides is 1. The van der Waals surface area contributed by atoms with Crippen molar-refractivity contribution in [1.82, 2.24) is 29.8 Å². The Hall–Kier alpha value is -2.15. The van der Waals surface area contributed by atoms with Crippen LogP contribution in [0.25, 0.3) is 11.3 Å². The molecule has 1 aliphatic carbocycles. The summed E-state index contributed by atoms with van der Waals surface area (Å²) in [6, 6.07) is 2.60. The van der Waals surface area contributed by atoms with Crippen LogP contribution < -0.4 is 0 Å². The Balaban J connectivity index is 1.44. The van der Waals surface area contributed by atoms with Crippen LogP contribution in [0, 0.1) is 13.8 Å². The Bertz CT molecular complexity index is 793. The molecule has 0 unspecified atom stereocenters. The lowest BCUT2D eigenvalue weighted by molar-refractivity contribution is 0.0568. The van der Waals surface area contributed by atoms with Crippen molar-refractivity contribution in [1.29, 1.82) is 0 Å². The Morgan fingerprint density at radius 1 is 1.15 bits per heavy atom. The zero-order valence-electron chi connectivity index (χ0n) is 16.0. The number of H-pyrrole nitrogens is 1. The maximum Gasteiger partial charge on any atom is 0.271 e. The third-order valence-corrected chi connectivity index (χ3v) is 6.02. The van der Waals surface area contributed by atoms with Crippen molar-refractivity contribution in [2.75, 3.05) is 26.2 Å². The molecule has 2 aromatic rings. The smallest absolute Gasteiger partial charge is 0.271 e. The number of aromatic nitrogens is 4. The van der Waals surface area contributed by atoms with Crippen molar-refractivity contribution in [2.24, 2.45) is 7.05 Å². The van der Waals surface area contributed by atoms with Gasteiger partial charge in [0.2, 0.25) is 0 Å². The molecule has 7 heteroatoms. The van der Waals surface area contributed by atoms with E-state index in [-0.39, 0.29) is 5.91 Å². The molecule has 3 heterocycles. The van der Waals surface area contributed by atoms with Crippen molar-refractivity contribution in [3.63, 3.8) is 0 Å². The molecule has 4 rings (SSSR count). The molecule has 26 heavy (non-hydrogen) atoms. The first-order valence-corrected chi connectivity index (χ1v) is 9.64. The number of carbonyl (C=O) groups excluding carboxylic acids is 1. The zero-order valence-corrected chi connectivity index (χ0v) is 16.0. The molecule has 0 aromatic carbocycles. The number of nitrogens with one attached hydrogen (secondary N) is 1. The van der Waals surface area contributed by atoms with E-state index in [4.69, 9.17) is 0 Å². The third kappa shape index (κ3) is 3.05. The summed E-state index contributed by atoms with van der Waals surface area (Å²) in [5.74, 6) is 0.0500. The lowest BCUT2D eigenvalue weighted by atomic mass is 10.1. The number of aryl methyl sites for hydroxylation is 2. The summed E-state index contributed by atoms with van der Waals surface area (Å²) in [4.78, 5) is 17.4. The second-order valence-electron chi connectivity index (χ2n) is 7.60. The molecule has 7 nitrogen and oxygen atoms in total. The lowest BCUT2D eigenvalue weighted by Crippen LogP contribution is -2.51. The summed E-state index contributed by atoms with van der Waals surface area (Å²) in [6.07, 6.45) is 5.35. The van der Waals surface area contributed by atoms with Gasteiger partial charge in [-0.15, -0.1) is 0 Å². The number of aromatic amines is 1. The van der Waals surface area contributed by atoms with Crippen molar-refractivity contribution < 1.29 is 4.79 Å². The van der Waals surface area contributed by atoms with Gasteiger partial charge in [-0.2, -0.15) is 10.2 Å². The number of nitrogens with zero attached hydrogens (tertiary/aromatic N) is 5. The fourth-order valence-electron chi connectivity index (χ4n) is 4.43. The van der Waals surface area contributed by atoms with Gasteiger partial charge in [0.1, 0.15) is 5.69 Å². The molecule has 1 saturated heterocycles. The molecule has 140 valence electrons. The van der Waals surface area contributed by atoms with Crippen LogP contribution in [-0.4, -0.2) is 67.9 Å². The molecule has 0 bridgehead atoms. The highest BCUT2D eigenvalue weighted by molar-refractivity contribution is 5.93. The summed E-state index contributed by atoms with van der Waals surface area (Å²) in [5, 5.41) is 11.8. The van der Waals surface area contributed by atoms with E-state index in [1.54, 1.807) is 0 Å². The van der Waals surface area contributed by atoms with Gasteiger partial charge in [-0.3, -0.25) is 19.5 Å². The molecule has 2 fully saturated rings. The molecule has 1 amide bonds. The predicted octanol–water partition coefficient (Wildman–Crippen LogP) is 2.13. The van der Waals surface area contributed by atoms with Crippen molar-refractivity contribution in [3.8, 4) is 11.3 Å². The molecule has 0 atom stereocenters. The van der Waals surface area contributed by atoms with Gasteiger partial charge in [-0.25, -0.2) is 0 Å². The van der Waals surface area contributed by atoms with Gasteiger partial charge < -0.3 is 4.90 Å². The number of hydrogen-bond acceptors (Lipinski definition) is 4. The van der Waals surface area contributed by atoms with Crippen molar-refractivity contribution >= 4 is 5.91 Å². The lowest BCUT2D eigenvalue weighted by Gasteiger charge is -2.37. The molecular formula is C19H28N6O. The molecule has 2 aromatic heterocycles. The van der Waals surface area contributed by atoms with Crippen LogP contribution in [0.3, 0.4) is 0 Å². The van der Waals surface area contributed by atoms with E-state index in [0.29, 0.717) is 5.69 Å². The normalized spacial score (nSPS) is 19.4. The minimum Gasteiger partial charge on any atom is -0.335 e. The number of rotatable bonds is 3. The summed E-state index contributed by atoms with van der Waals surface area (Å²) >= 11 is 0. The highest BCUT2D eigenvalue weighted by atomic mass is 16.2. The maximum atomic E-state index is 12.9. The summed E-state index contributed by atoms with van der Waals surface area (Å²) in [7, 11) is 1.92. The van der Waals surface area contributed by atoms with Crippen molar-refractivity contribution in [3.05, 3.63) is 23.1 Å². The average Bonchev–Trinajstić information content (AvgIpc) is 3.37. The standard InChI is InChI=1S/C19H28N6O/c1-13-18(14(2)23(3)22-13)16-12-17(21-20-16)19(26)25-10-8-24(9-11-25)15-6-4-5-7-15/h12,15H,4-11H2,1-3H3,(H,20,21). The highest BCUT2D eigenvalue weighted by Crippen LogP contribution is 2.26. The average molecular weight is 356 g/mol. The van der Waals surface area contributed by atoms with Crippen LogP contribution in [0.5, 0.6) is 0 Å². The third-order valence-electron chi connectivity index (χ3n) is 6.02. The molecule has 0 spiro atoms. The van der Waals surface area contributed by atoms with E-state index < -0.39 is 0 Å². The van der Waals surface area contributed by atoms with Crippen LogP contribution in [0.15, 0.2) is 6.07 Å². The van der Waals surface area contributed by atoms with Gasteiger partial charge in [0.15, 0.2) is 0 Å². The van der Waals surface area contributed by atoms with E-state index in [0.717, 1.165) is 54.9 Å². The Labute approximate surface area is 154 Å². The van der Waals surface area contributed by atoms with Crippen molar-refractivity contribution in [2.45, 2.75) is 45.6 Å². The minimum absolute atomic E-state index is 0.0500. The largest absolute Gasteiger partial charge is 0.335 e. The molecule has 1 N–H and O–H groups in total. The number of carbonyl (C=O) groups is 1. The van der Waals surface area contributed by atoms with E-state index in [2.05, 4.69) is 20.2 Å². The molecular weight excluding hydrogens is 328 g/mol. The first kappa shape index (κ1) is 17.3. The molecule has 1 aliphatic heterocycles. The first-order valence-electron chi connectivity index (χ1n) is 9.64. The van der Waals surface area contributed by atoms with Crippen LogP contribution in [0.4, 0.5) is 0 Å². The fourth-order valence-corrected chi connectivity index (χ4v) is 4.43. The summed E-state index contributed by atoms with van der Waals surface area (Å²) in [6.45, 7) is 7.56. The van der Waals surface area contributed by atoms with E-state index >= 15 is 0 Å². The minimum atomic E-state index is 0.0500. The van der Waals surface area contributed by atoms with Gasteiger partial charge in [0, 0.05) is 50.5 Å². The number of piperazine rings is 1. The first-order chi connectivity index (χ1) is 12.5. The molecule has 1 saturated carbocycles. The summed E-state index contributed by atoms with van der Waals surface area (Å²) < 4.78 is 1.85. The second-order valence-corrected chi connectivity index (χ2v) is 7.60. The van der Waals surface area contributed by atoms with Gasteiger partial charge in [-0.05, 0) is 32.8 Å². The quantitative estimate of drug-likeness (QED) is 0.915. The predicted molar refractivity (Wildman–Crippen MR) is 100.0 cm³/mol. The second kappa shape index (κ2) is 6.87. The van der Waals surface area contributed by atoms with E-state index in [1.165, 1.54) is 25.7 Å². The van der Waals surface area contributed by atoms with Crippen LogP contribution in [0.1, 0.15) is 47.6 Å². The van der Waals surface area contributed by atoms with Crippen LogP contribution in [-0.2, 0) is 7.05 Å². The summed E-state index contributed by atoms with van der Waals surface area (Å²) in [5.41, 5.74) is 4.35.